The van der Waals surface area contributed by atoms with Gasteiger partial charge in [0.2, 0.25) is 5.91 Å². The third kappa shape index (κ3) is 3.03. The van der Waals surface area contributed by atoms with Gasteiger partial charge in [-0.05, 0) is 31.2 Å². The van der Waals surface area contributed by atoms with E-state index >= 15 is 0 Å². The van der Waals surface area contributed by atoms with Crippen LogP contribution in [0.1, 0.15) is 13.3 Å². The summed E-state index contributed by atoms with van der Waals surface area (Å²) in [6.45, 7) is 2.63. The summed E-state index contributed by atoms with van der Waals surface area (Å²) in [4.78, 5) is 28.3. The van der Waals surface area contributed by atoms with Crippen molar-refractivity contribution in [3.8, 4) is 5.69 Å². The second-order valence-corrected chi connectivity index (χ2v) is 5.22. The van der Waals surface area contributed by atoms with E-state index in [-0.39, 0.29) is 30.2 Å². The van der Waals surface area contributed by atoms with Gasteiger partial charge in [0.05, 0.1) is 18.2 Å². The standard InChI is InChI=1S/C16H16FN5O2/c1-2-18-14(23)7-8-21-10-19-15-13(16(21)24)9-20-22(15)12-5-3-11(17)4-6-12/h3-6,9-10H,2,7-8H2,1H3,(H,18,23). The lowest BCUT2D eigenvalue weighted by Gasteiger charge is -2.06. The van der Waals surface area contributed by atoms with Crippen molar-refractivity contribution in [1.82, 2.24) is 24.6 Å². The fraction of sp³-hybridized carbons (Fsp3) is 0.250. The van der Waals surface area contributed by atoms with Crippen LogP contribution in [-0.2, 0) is 11.3 Å². The van der Waals surface area contributed by atoms with Gasteiger partial charge >= 0.3 is 0 Å². The van der Waals surface area contributed by atoms with Gasteiger partial charge in [-0.1, -0.05) is 0 Å². The third-order valence-corrected chi connectivity index (χ3v) is 3.58. The zero-order valence-electron chi connectivity index (χ0n) is 13.1. The second kappa shape index (κ2) is 6.61. The number of benzene rings is 1. The minimum absolute atomic E-state index is 0.119. The predicted octanol–water partition coefficient (Wildman–Crippen LogP) is 1.25. The van der Waals surface area contributed by atoms with E-state index in [2.05, 4.69) is 15.4 Å². The van der Waals surface area contributed by atoms with Gasteiger partial charge in [-0.2, -0.15) is 5.10 Å². The number of aryl methyl sites for hydroxylation is 1. The van der Waals surface area contributed by atoms with Crippen LogP contribution in [0.2, 0.25) is 0 Å². The van der Waals surface area contributed by atoms with Crippen molar-refractivity contribution in [3.63, 3.8) is 0 Å². The van der Waals surface area contributed by atoms with Crippen LogP contribution in [0.5, 0.6) is 0 Å². The largest absolute Gasteiger partial charge is 0.356 e. The average molecular weight is 329 g/mol. The fourth-order valence-electron chi connectivity index (χ4n) is 2.39. The summed E-state index contributed by atoms with van der Waals surface area (Å²) >= 11 is 0. The Kier molecular flexibility index (Phi) is 4.37. The summed E-state index contributed by atoms with van der Waals surface area (Å²) in [7, 11) is 0. The number of halogens is 1. The number of rotatable bonds is 5. The Morgan fingerprint density at radius 3 is 2.75 bits per heavy atom. The molecule has 0 aliphatic rings. The number of amides is 1. The first-order valence-electron chi connectivity index (χ1n) is 7.56. The van der Waals surface area contributed by atoms with Gasteiger partial charge in [-0.3, -0.25) is 14.2 Å². The monoisotopic (exact) mass is 329 g/mol. The van der Waals surface area contributed by atoms with Gasteiger partial charge in [0.15, 0.2) is 5.65 Å². The summed E-state index contributed by atoms with van der Waals surface area (Å²) < 4.78 is 15.9. The molecular formula is C16H16FN5O2. The maximum Gasteiger partial charge on any atom is 0.264 e. The SMILES string of the molecule is CCNC(=O)CCn1cnc2c(cnn2-c2ccc(F)cc2)c1=O. The van der Waals surface area contributed by atoms with Crippen LogP contribution in [0.3, 0.4) is 0 Å². The van der Waals surface area contributed by atoms with Crippen LogP contribution < -0.4 is 10.9 Å². The molecule has 3 aromatic rings. The molecule has 0 saturated heterocycles. The van der Waals surface area contributed by atoms with Gasteiger partial charge in [0.1, 0.15) is 11.2 Å². The molecule has 2 aromatic heterocycles. The van der Waals surface area contributed by atoms with Crippen LogP contribution in [0.25, 0.3) is 16.7 Å². The zero-order valence-corrected chi connectivity index (χ0v) is 13.1. The Morgan fingerprint density at radius 2 is 2.04 bits per heavy atom. The first-order valence-corrected chi connectivity index (χ1v) is 7.56. The molecule has 0 fully saturated rings. The molecule has 124 valence electrons. The first kappa shape index (κ1) is 15.9. The molecule has 1 N–H and O–H groups in total. The van der Waals surface area contributed by atoms with Crippen molar-refractivity contribution in [2.24, 2.45) is 0 Å². The molecule has 0 spiro atoms. The number of hydrogen-bond acceptors (Lipinski definition) is 4. The smallest absolute Gasteiger partial charge is 0.264 e. The summed E-state index contributed by atoms with van der Waals surface area (Å²) in [5, 5.41) is 7.19. The molecule has 1 aromatic carbocycles. The molecule has 0 bridgehead atoms. The molecule has 7 nitrogen and oxygen atoms in total. The lowest BCUT2D eigenvalue weighted by atomic mass is 10.3. The molecule has 24 heavy (non-hydrogen) atoms. The van der Waals surface area contributed by atoms with Crippen molar-refractivity contribution in [2.75, 3.05) is 6.54 Å². The van der Waals surface area contributed by atoms with Gasteiger partial charge < -0.3 is 5.32 Å². The van der Waals surface area contributed by atoms with E-state index in [1.165, 1.54) is 33.9 Å². The highest BCUT2D eigenvalue weighted by atomic mass is 19.1. The van der Waals surface area contributed by atoms with E-state index in [1.54, 1.807) is 12.1 Å². The van der Waals surface area contributed by atoms with Gasteiger partial charge in [0.25, 0.3) is 5.56 Å². The van der Waals surface area contributed by atoms with Gasteiger partial charge in [-0.15, -0.1) is 0 Å². The Labute approximate surface area is 136 Å². The Morgan fingerprint density at radius 1 is 1.29 bits per heavy atom. The lowest BCUT2D eigenvalue weighted by molar-refractivity contribution is -0.121. The Hall–Kier alpha value is -3.03. The van der Waals surface area contributed by atoms with Crippen LogP contribution in [-0.4, -0.2) is 31.8 Å². The Bertz CT molecular complexity index is 930. The Balaban J connectivity index is 1.92. The molecule has 0 radical (unpaired) electrons. The van der Waals surface area contributed by atoms with Crippen LogP contribution in [0, 0.1) is 5.82 Å². The molecule has 0 saturated carbocycles. The van der Waals surface area contributed by atoms with Gasteiger partial charge in [-0.25, -0.2) is 14.1 Å². The number of nitrogens with zero attached hydrogens (tertiary/aromatic N) is 4. The maximum atomic E-state index is 13.0. The van der Waals surface area contributed by atoms with E-state index in [9.17, 15) is 14.0 Å². The van der Waals surface area contributed by atoms with Gasteiger partial charge in [0, 0.05) is 19.5 Å². The van der Waals surface area contributed by atoms with Crippen molar-refractivity contribution in [1.29, 1.82) is 0 Å². The molecule has 0 unspecified atom stereocenters. The molecule has 8 heteroatoms. The number of aromatic nitrogens is 4. The topological polar surface area (TPSA) is 81.8 Å². The van der Waals surface area contributed by atoms with E-state index in [4.69, 9.17) is 0 Å². The van der Waals surface area contributed by atoms with Crippen molar-refractivity contribution in [2.45, 2.75) is 19.9 Å². The number of carbonyl (C=O) groups is 1. The molecule has 0 aliphatic carbocycles. The van der Waals surface area contributed by atoms with E-state index in [0.29, 0.717) is 23.3 Å². The lowest BCUT2D eigenvalue weighted by Crippen LogP contribution is -2.27. The first-order chi connectivity index (χ1) is 11.6. The minimum atomic E-state index is -0.351. The summed E-state index contributed by atoms with van der Waals surface area (Å²) in [6, 6.07) is 5.75. The molecule has 3 rings (SSSR count). The van der Waals surface area contributed by atoms with Crippen LogP contribution >= 0.6 is 0 Å². The quantitative estimate of drug-likeness (QED) is 0.764. The summed E-state index contributed by atoms with van der Waals surface area (Å²) in [5.74, 6) is -0.470. The van der Waals surface area contributed by atoms with Crippen molar-refractivity contribution < 1.29 is 9.18 Å². The molecule has 1 amide bonds. The predicted molar refractivity (Wildman–Crippen MR) is 86.4 cm³/mol. The average Bonchev–Trinajstić information content (AvgIpc) is 3.00. The van der Waals surface area contributed by atoms with E-state index in [0.717, 1.165) is 0 Å². The minimum Gasteiger partial charge on any atom is -0.356 e. The normalized spacial score (nSPS) is 10.9. The summed E-state index contributed by atoms with van der Waals surface area (Å²) in [5.41, 5.74) is 0.733. The molecule has 0 aliphatic heterocycles. The maximum absolute atomic E-state index is 13.0. The third-order valence-electron chi connectivity index (χ3n) is 3.58. The number of nitrogens with one attached hydrogen (secondary N) is 1. The second-order valence-electron chi connectivity index (χ2n) is 5.22. The number of carbonyl (C=O) groups excluding carboxylic acids is 1. The van der Waals surface area contributed by atoms with Crippen LogP contribution in [0.4, 0.5) is 4.39 Å². The van der Waals surface area contributed by atoms with Crippen molar-refractivity contribution in [3.05, 3.63) is 53.0 Å². The highest BCUT2D eigenvalue weighted by Crippen LogP contribution is 2.14. The van der Waals surface area contributed by atoms with E-state index < -0.39 is 0 Å². The van der Waals surface area contributed by atoms with Crippen molar-refractivity contribution >= 4 is 16.9 Å². The highest BCUT2D eigenvalue weighted by molar-refractivity contribution is 5.76. The molecule has 2 heterocycles. The highest BCUT2D eigenvalue weighted by Gasteiger charge is 2.12. The number of fused-ring (bicyclic) bond motifs is 1. The fourth-order valence-corrected chi connectivity index (χ4v) is 2.39. The molecule has 0 atom stereocenters. The number of hydrogen-bond donors (Lipinski definition) is 1. The zero-order chi connectivity index (χ0) is 17.1. The molecular weight excluding hydrogens is 313 g/mol. The van der Waals surface area contributed by atoms with E-state index in [1.807, 2.05) is 6.92 Å². The van der Waals surface area contributed by atoms with Crippen LogP contribution in [0.15, 0.2) is 41.6 Å². The summed E-state index contributed by atoms with van der Waals surface area (Å²) in [6.07, 6.45) is 3.02.